The van der Waals surface area contributed by atoms with Gasteiger partial charge in [-0.25, -0.2) is 0 Å². The van der Waals surface area contributed by atoms with Gasteiger partial charge in [-0.2, -0.15) is 4.98 Å². The predicted octanol–water partition coefficient (Wildman–Crippen LogP) is 1.35. The Balaban J connectivity index is 2.31. The van der Waals surface area contributed by atoms with Gasteiger partial charge in [0.05, 0.1) is 0 Å². The minimum absolute atomic E-state index is 0.103. The van der Waals surface area contributed by atoms with E-state index in [1.165, 1.54) is 10.6 Å². The van der Waals surface area contributed by atoms with Gasteiger partial charge >= 0.3 is 0 Å². The summed E-state index contributed by atoms with van der Waals surface area (Å²) < 4.78 is 7.26. The zero-order valence-electron chi connectivity index (χ0n) is 7.98. The molecule has 2 heterocycles. The SMILES string of the molecule is Cc1noc(Cn2cc(Br)ccc2=O)n1. The van der Waals surface area contributed by atoms with Crippen molar-refractivity contribution in [2.45, 2.75) is 13.5 Å². The van der Waals surface area contributed by atoms with Crippen LogP contribution in [0.4, 0.5) is 0 Å². The van der Waals surface area contributed by atoms with Gasteiger partial charge in [-0.05, 0) is 28.9 Å². The molecule has 0 amide bonds. The lowest BCUT2D eigenvalue weighted by Gasteiger charge is -2.01. The fraction of sp³-hybridized carbons (Fsp3) is 0.222. The highest BCUT2D eigenvalue weighted by molar-refractivity contribution is 9.10. The highest BCUT2D eigenvalue weighted by Gasteiger charge is 2.04. The Hall–Kier alpha value is -1.43. The first kappa shape index (κ1) is 10.1. The number of hydrogen-bond donors (Lipinski definition) is 0. The van der Waals surface area contributed by atoms with Crippen molar-refractivity contribution in [1.29, 1.82) is 0 Å². The van der Waals surface area contributed by atoms with Gasteiger partial charge < -0.3 is 9.09 Å². The standard InChI is InChI=1S/C9H8BrN3O2/c1-6-11-8(15-12-6)5-13-4-7(10)2-3-9(13)14/h2-4H,5H2,1H3. The van der Waals surface area contributed by atoms with Gasteiger partial charge in [0.25, 0.3) is 5.56 Å². The summed E-state index contributed by atoms with van der Waals surface area (Å²) in [5, 5.41) is 3.65. The number of rotatable bonds is 2. The molecule has 0 saturated carbocycles. The van der Waals surface area contributed by atoms with Crippen LogP contribution < -0.4 is 5.56 Å². The smallest absolute Gasteiger partial charge is 0.251 e. The van der Waals surface area contributed by atoms with E-state index in [2.05, 4.69) is 26.1 Å². The third-order valence-corrected chi connectivity index (χ3v) is 2.29. The third-order valence-electron chi connectivity index (χ3n) is 1.82. The van der Waals surface area contributed by atoms with Crippen LogP contribution in [-0.2, 0) is 6.54 Å². The number of pyridine rings is 1. The zero-order valence-corrected chi connectivity index (χ0v) is 9.56. The summed E-state index contributed by atoms with van der Waals surface area (Å²) in [6.07, 6.45) is 1.68. The molecular weight excluding hydrogens is 262 g/mol. The number of aryl methyl sites for hydroxylation is 1. The van der Waals surface area contributed by atoms with E-state index >= 15 is 0 Å². The molecule has 0 aliphatic heterocycles. The van der Waals surface area contributed by atoms with Crippen LogP contribution in [0, 0.1) is 6.92 Å². The van der Waals surface area contributed by atoms with Crippen molar-refractivity contribution in [2.75, 3.05) is 0 Å². The van der Waals surface area contributed by atoms with E-state index in [0.717, 1.165) is 4.47 Å². The predicted molar refractivity (Wildman–Crippen MR) is 56.5 cm³/mol. The lowest BCUT2D eigenvalue weighted by molar-refractivity contribution is 0.366. The van der Waals surface area contributed by atoms with E-state index in [1.54, 1.807) is 19.2 Å². The number of aromatic nitrogens is 3. The molecule has 5 nitrogen and oxygen atoms in total. The first-order valence-corrected chi connectivity index (χ1v) is 5.09. The summed E-state index contributed by atoms with van der Waals surface area (Å²) in [4.78, 5) is 15.5. The lowest BCUT2D eigenvalue weighted by atomic mass is 10.4. The van der Waals surface area contributed by atoms with E-state index < -0.39 is 0 Å². The van der Waals surface area contributed by atoms with Crippen LogP contribution >= 0.6 is 15.9 Å². The van der Waals surface area contributed by atoms with E-state index in [-0.39, 0.29) is 5.56 Å². The van der Waals surface area contributed by atoms with Crippen molar-refractivity contribution in [3.05, 3.63) is 44.9 Å². The highest BCUT2D eigenvalue weighted by atomic mass is 79.9. The molecule has 0 aliphatic rings. The molecule has 0 bridgehead atoms. The molecule has 78 valence electrons. The Morgan fingerprint density at radius 2 is 2.33 bits per heavy atom. The van der Waals surface area contributed by atoms with Crippen LogP contribution in [0.5, 0.6) is 0 Å². The fourth-order valence-corrected chi connectivity index (χ4v) is 1.56. The first-order valence-electron chi connectivity index (χ1n) is 4.30. The van der Waals surface area contributed by atoms with Crippen molar-refractivity contribution >= 4 is 15.9 Å². The monoisotopic (exact) mass is 269 g/mol. The molecule has 0 fully saturated rings. The second-order valence-electron chi connectivity index (χ2n) is 3.05. The highest BCUT2D eigenvalue weighted by Crippen LogP contribution is 2.06. The lowest BCUT2D eigenvalue weighted by Crippen LogP contribution is -2.18. The van der Waals surface area contributed by atoms with Gasteiger partial charge in [0.15, 0.2) is 5.82 Å². The maximum absolute atomic E-state index is 11.4. The third kappa shape index (κ3) is 2.33. The molecule has 0 N–H and O–H groups in total. The molecule has 0 aliphatic carbocycles. The number of nitrogens with zero attached hydrogens (tertiary/aromatic N) is 3. The first-order chi connectivity index (χ1) is 7.15. The Morgan fingerprint density at radius 1 is 1.53 bits per heavy atom. The average molecular weight is 270 g/mol. The van der Waals surface area contributed by atoms with Crippen LogP contribution in [0.25, 0.3) is 0 Å². The quantitative estimate of drug-likeness (QED) is 0.826. The summed E-state index contributed by atoms with van der Waals surface area (Å²) in [5.41, 5.74) is -0.103. The van der Waals surface area contributed by atoms with Crippen LogP contribution in [0.15, 0.2) is 32.1 Å². The topological polar surface area (TPSA) is 60.9 Å². The van der Waals surface area contributed by atoms with Gasteiger partial charge in [0.2, 0.25) is 5.89 Å². The van der Waals surface area contributed by atoms with Crippen LogP contribution in [0.1, 0.15) is 11.7 Å². The van der Waals surface area contributed by atoms with Crippen molar-refractivity contribution in [1.82, 2.24) is 14.7 Å². The molecule has 0 atom stereocenters. The molecule has 0 unspecified atom stereocenters. The summed E-state index contributed by atoms with van der Waals surface area (Å²) in [6.45, 7) is 2.02. The Morgan fingerprint density at radius 3 is 3.00 bits per heavy atom. The molecule has 0 spiro atoms. The summed E-state index contributed by atoms with van der Waals surface area (Å²) in [7, 11) is 0. The molecule has 15 heavy (non-hydrogen) atoms. The van der Waals surface area contributed by atoms with E-state index in [4.69, 9.17) is 4.52 Å². The number of hydrogen-bond acceptors (Lipinski definition) is 4. The van der Waals surface area contributed by atoms with Crippen LogP contribution in [-0.4, -0.2) is 14.7 Å². The molecule has 0 aromatic carbocycles. The molecule has 2 aromatic rings. The van der Waals surface area contributed by atoms with E-state index in [9.17, 15) is 4.79 Å². The van der Waals surface area contributed by atoms with Crippen molar-refractivity contribution in [3.63, 3.8) is 0 Å². The summed E-state index contributed by atoms with van der Waals surface area (Å²) in [5.74, 6) is 0.987. The zero-order chi connectivity index (χ0) is 10.8. The Kier molecular flexibility index (Phi) is 2.68. The largest absolute Gasteiger partial charge is 0.337 e. The van der Waals surface area contributed by atoms with E-state index in [0.29, 0.717) is 18.3 Å². The van der Waals surface area contributed by atoms with Gasteiger partial charge in [0.1, 0.15) is 6.54 Å². The van der Waals surface area contributed by atoms with Crippen LogP contribution in [0.3, 0.4) is 0 Å². The molecule has 0 radical (unpaired) electrons. The van der Waals surface area contributed by atoms with Gasteiger partial charge in [-0.1, -0.05) is 5.16 Å². The van der Waals surface area contributed by atoms with Crippen molar-refractivity contribution in [2.24, 2.45) is 0 Å². The molecule has 2 rings (SSSR count). The van der Waals surface area contributed by atoms with Crippen LogP contribution in [0.2, 0.25) is 0 Å². The Labute approximate surface area is 93.9 Å². The maximum Gasteiger partial charge on any atom is 0.251 e. The van der Waals surface area contributed by atoms with Gasteiger partial charge in [0, 0.05) is 16.7 Å². The average Bonchev–Trinajstić information content (AvgIpc) is 2.58. The molecular formula is C9H8BrN3O2. The van der Waals surface area contributed by atoms with Crippen molar-refractivity contribution < 1.29 is 4.52 Å². The minimum Gasteiger partial charge on any atom is -0.337 e. The van der Waals surface area contributed by atoms with Gasteiger partial charge in [-0.3, -0.25) is 4.79 Å². The summed E-state index contributed by atoms with van der Waals surface area (Å²) in [6, 6.07) is 3.17. The second kappa shape index (κ2) is 3.98. The summed E-state index contributed by atoms with van der Waals surface area (Å²) >= 11 is 3.29. The van der Waals surface area contributed by atoms with Gasteiger partial charge in [-0.15, -0.1) is 0 Å². The maximum atomic E-state index is 11.4. The minimum atomic E-state index is -0.103. The molecule has 0 saturated heterocycles. The Bertz CT molecular complexity index is 532. The fourth-order valence-electron chi connectivity index (χ4n) is 1.18. The number of halogens is 1. The van der Waals surface area contributed by atoms with Crippen molar-refractivity contribution in [3.8, 4) is 0 Å². The molecule has 2 aromatic heterocycles. The van der Waals surface area contributed by atoms with E-state index in [1.807, 2.05) is 0 Å². The molecule has 6 heteroatoms. The second-order valence-corrected chi connectivity index (χ2v) is 3.96. The normalized spacial score (nSPS) is 10.5.